The smallest absolute Gasteiger partial charge is 0.251 e. The molecule has 2 aliphatic heterocycles. The van der Waals surface area contributed by atoms with E-state index in [1.54, 1.807) is 0 Å². The van der Waals surface area contributed by atoms with Crippen LogP contribution >= 0.6 is 0 Å². The molecule has 0 atom stereocenters. The summed E-state index contributed by atoms with van der Waals surface area (Å²) in [5.41, 5.74) is 9.62. The highest BCUT2D eigenvalue weighted by Crippen LogP contribution is 2.40. The summed E-state index contributed by atoms with van der Waals surface area (Å²) in [6.07, 6.45) is 9.52. The fourth-order valence-corrected chi connectivity index (χ4v) is 5.09. The van der Waals surface area contributed by atoms with E-state index in [4.69, 9.17) is 4.98 Å². The standard InChI is InChI=1S/C24H19BN4/c1-24(2)17-5-3-4-6-18(17)25-19-15-27-13-9-20(19)29(16-7-11-26-12-8-16)21-10-14-28-23(24)22(21)25/h3-15H,1-2H3. The summed E-state index contributed by atoms with van der Waals surface area (Å²) < 4.78 is 0. The molecule has 29 heavy (non-hydrogen) atoms. The first kappa shape index (κ1) is 16.5. The Balaban J connectivity index is 1.74. The van der Waals surface area contributed by atoms with Gasteiger partial charge in [0.2, 0.25) is 0 Å². The first-order valence-electron chi connectivity index (χ1n) is 9.91. The minimum Gasteiger partial charge on any atom is -0.311 e. The number of nitrogens with zero attached hydrogens (tertiary/aromatic N) is 4. The average Bonchev–Trinajstić information content (AvgIpc) is 2.77. The quantitative estimate of drug-likeness (QED) is 0.423. The summed E-state index contributed by atoms with van der Waals surface area (Å²) in [7, 11) is 0. The van der Waals surface area contributed by atoms with E-state index in [1.165, 1.54) is 27.6 Å². The lowest BCUT2D eigenvalue weighted by molar-refractivity contribution is 0.622. The minimum atomic E-state index is -0.165. The summed E-state index contributed by atoms with van der Waals surface area (Å²) in [5.74, 6) is 0. The van der Waals surface area contributed by atoms with Crippen LogP contribution < -0.4 is 21.3 Å². The number of aromatic nitrogens is 3. The lowest BCUT2D eigenvalue weighted by Gasteiger charge is -2.44. The Morgan fingerprint density at radius 3 is 2.41 bits per heavy atom. The number of hydrogen-bond donors (Lipinski definition) is 0. The number of rotatable bonds is 1. The highest BCUT2D eigenvalue weighted by Gasteiger charge is 2.46. The van der Waals surface area contributed by atoms with Crippen LogP contribution in [0, 0.1) is 0 Å². The highest BCUT2D eigenvalue weighted by atomic mass is 15.2. The molecule has 0 fully saturated rings. The number of pyridine rings is 3. The van der Waals surface area contributed by atoms with Gasteiger partial charge in [0.05, 0.1) is 0 Å². The summed E-state index contributed by atoms with van der Waals surface area (Å²) in [4.78, 5) is 15.9. The molecule has 0 unspecified atom stereocenters. The molecule has 1 aromatic carbocycles. The minimum absolute atomic E-state index is 0.139. The highest BCUT2D eigenvalue weighted by molar-refractivity contribution is 6.98. The molecule has 138 valence electrons. The number of anilines is 3. The van der Waals surface area contributed by atoms with Gasteiger partial charge in [-0.3, -0.25) is 15.0 Å². The van der Waals surface area contributed by atoms with Gasteiger partial charge < -0.3 is 4.90 Å². The van der Waals surface area contributed by atoms with Crippen molar-refractivity contribution in [2.75, 3.05) is 4.90 Å². The van der Waals surface area contributed by atoms with Crippen LogP contribution in [0.25, 0.3) is 0 Å². The summed E-state index contributed by atoms with van der Waals surface area (Å²) >= 11 is 0. The van der Waals surface area contributed by atoms with Crippen molar-refractivity contribution in [2.45, 2.75) is 19.3 Å². The van der Waals surface area contributed by atoms with Crippen LogP contribution in [0.15, 0.2) is 79.5 Å². The molecule has 0 N–H and O–H groups in total. The first-order chi connectivity index (χ1) is 14.2. The van der Waals surface area contributed by atoms with Crippen molar-refractivity contribution in [1.82, 2.24) is 15.0 Å². The normalized spacial score (nSPS) is 15.4. The van der Waals surface area contributed by atoms with Crippen LogP contribution in [-0.2, 0) is 5.41 Å². The zero-order chi connectivity index (χ0) is 19.6. The maximum absolute atomic E-state index is 4.91. The molecule has 0 spiro atoms. The molecule has 0 bridgehead atoms. The van der Waals surface area contributed by atoms with Gasteiger partial charge in [0.15, 0.2) is 0 Å². The Hall–Kier alpha value is -3.47. The Labute approximate surface area is 170 Å². The molecule has 4 nitrogen and oxygen atoms in total. The molecular weight excluding hydrogens is 355 g/mol. The molecule has 3 aromatic heterocycles. The molecule has 2 aliphatic rings. The maximum Gasteiger partial charge on any atom is 0.251 e. The monoisotopic (exact) mass is 374 g/mol. The fraction of sp³-hybridized carbons (Fsp3) is 0.125. The van der Waals surface area contributed by atoms with Gasteiger partial charge in [-0.1, -0.05) is 43.6 Å². The van der Waals surface area contributed by atoms with Gasteiger partial charge in [0.25, 0.3) is 6.71 Å². The summed E-state index contributed by atoms with van der Waals surface area (Å²) in [6.45, 7) is 4.69. The lowest BCUT2D eigenvalue weighted by atomic mass is 9.31. The lowest BCUT2D eigenvalue weighted by Crippen LogP contribution is -2.64. The summed E-state index contributed by atoms with van der Waals surface area (Å²) in [5, 5.41) is 0. The van der Waals surface area contributed by atoms with Gasteiger partial charge in [0, 0.05) is 59.2 Å². The van der Waals surface area contributed by atoms with Crippen molar-refractivity contribution in [2.24, 2.45) is 0 Å². The Bertz CT molecular complexity index is 1250. The van der Waals surface area contributed by atoms with Crippen LogP contribution in [0.5, 0.6) is 0 Å². The Kier molecular flexibility index (Phi) is 3.28. The van der Waals surface area contributed by atoms with E-state index in [-0.39, 0.29) is 12.1 Å². The fourth-order valence-electron chi connectivity index (χ4n) is 5.09. The molecule has 5 heterocycles. The van der Waals surface area contributed by atoms with E-state index in [0.717, 1.165) is 17.1 Å². The van der Waals surface area contributed by atoms with E-state index in [1.807, 2.05) is 31.0 Å². The molecule has 0 radical (unpaired) electrons. The van der Waals surface area contributed by atoms with E-state index in [0.29, 0.717) is 0 Å². The predicted octanol–water partition coefficient (Wildman–Crippen LogP) is 2.81. The molecule has 0 amide bonds. The predicted molar refractivity (Wildman–Crippen MR) is 118 cm³/mol. The summed E-state index contributed by atoms with van der Waals surface area (Å²) in [6, 6.07) is 17.1. The molecular formula is C24H19BN4. The van der Waals surface area contributed by atoms with Gasteiger partial charge in [0.1, 0.15) is 0 Å². The first-order valence-corrected chi connectivity index (χ1v) is 9.91. The third kappa shape index (κ3) is 2.13. The second-order valence-electron chi connectivity index (χ2n) is 8.21. The maximum atomic E-state index is 4.91. The van der Waals surface area contributed by atoms with Crippen LogP contribution in [-0.4, -0.2) is 21.7 Å². The van der Waals surface area contributed by atoms with Crippen LogP contribution in [0.1, 0.15) is 25.1 Å². The van der Waals surface area contributed by atoms with E-state index in [2.05, 4.69) is 77.2 Å². The third-order valence-corrected chi connectivity index (χ3v) is 6.33. The molecule has 5 heteroatoms. The van der Waals surface area contributed by atoms with Crippen molar-refractivity contribution in [3.8, 4) is 0 Å². The number of fused-ring (bicyclic) bond motifs is 4. The molecule has 0 saturated heterocycles. The van der Waals surface area contributed by atoms with Gasteiger partial charge in [-0.2, -0.15) is 0 Å². The molecule has 6 rings (SSSR count). The van der Waals surface area contributed by atoms with Crippen molar-refractivity contribution >= 4 is 40.2 Å². The van der Waals surface area contributed by atoms with Crippen molar-refractivity contribution < 1.29 is 0 Å². The Morgan fingerprint density at radius 1 is 0.793 bits per heavy atom. The van der Waals surface area contributed by atoms with Crippen molar-refractivity contribution in [3.63, 3.8) is 0 Å². The average molecular weight is 374 g/mol. The van der Waals surface area contributed by atoms with E-state index in [9.17, 15) is 0 Å². The zero-order valence-corrected chi connectivity index (χ0v) is 16.4. The Morgan fingerprint density at radius 2 is 1.55 bits per heavy atom. The second-order valence-corrected chi connectivity index (χ2v) is 8.21. The van der Waals surface area contributed by atoms with Crippen LogP contribution in [0.4, 0.5) is 17.1 Å². The SMILES string of the molecule is CC1(C)c2ccccc2B2c3cnccc3N(c3ccncc3)c3ccnc1c32. The molecule has 0 saturated carbocycles. The van der Waals surface area contributed by atoms with Gasteiger partial charge >= 0.3 is 0 Å². The zero-order valence-electron chi connectivity index (χ0n) is 16.4. The van der Waals surface area contributed by atoms with Gasteiger partial charge in [-0.25, -0.2) is 0 Å². The van der Waals surface area contributed by atoms with Crippen molar-refractivity contribution in [3.05, 3.63) is 90.8 Å². The molecule has 0 aliphatic carbocycles. The molecule has 4 aromatic rings. The number of benzene rings is 1. The van der Waals surface area contributed by atoms with Crippen molar-refractivity contribution in [1.29, 1.82) is 0 Å². The van der Waals surface area contributed by atoms with E-state index >= 15 is 0 Å². The van der Waals surface area contributed by atoms with Crippen LogP contribution in [0.2, 0.25) is 0 Å². The topological polar surface area (TPSA) is 41.9 Å². The van der Waals surface area contributed by atoms with Crippen LogP contribution in [0.3, 0.4) is 0 Å². The second kappa shape index (κ2) is 5.77. The van der Waals surface area contributed by atoms with Gasteiger partial charge in [-0.15, -0.1) is 0 Å². The largest absolute Gasteiger partial charge is 0.311 e. The third-order valence-electron chi connectivity index (χ3n) is 6.33. The number of hydrogen-bond acceptors (Lipinski definition) is 4. The van der Waals surface area contributed by atoms with Gasteiger partial charge in [-0.05, 0) is 40.8 Å². The van der Waals surface area contributed by atoms with E-state index < -0.39 is 0 Å².